The minimum Gasteiger partial charge on any atom is -0.480 e. The lowest BCUT2D eigenvalue weighted by Crippen LogP contribution is -2.31. The van der Waals surface area contributed by atoms with Gasteiger partial charge in [-0.1, -0.05) is 36.4 Å². The number of aliphatic carboxylic acids is 2. The van der Waals surface area contributed by atoms with Crippen LogP contribution in [0.15, 0.2) is 42.0 Å². The molecule has 0 aliphatic carbocycles. The summed E-state index contributed by atoms with van der Waals surface area (Å²) >= 11 is 0. The van der Waals surface area contributed by atoms with Crippen LogP contribution in [-0.4, -0.2) is 28.2 Å². The highest BCUT2D eigenvalue weighted by atomic mass is 16.4. The first kappa shape index (κ1) is 14.9. The van der Waals surface area contributed by atoms with E-state index in [0.717, 1.165) is 5.56 Å². The van der Waals surface area contributed by atoms with E-state index in [1.807, 2.05) is 30.3 Å². The zero-order valence-electron chi connectivity index (χ0n) is 10.5. The summed E-state index contributed by atoms with van der Waals surface area (Å²) in [6.07, 6.45) is 2.62. The van der Waals surface area contributed by atoms with Gasteiger partial charge in [-0.25, -0.2) is 4.79 Å². The van der Waals surface area contributed by atoms with E-state index in [0.29, 0.717) is 12.8 Å². The number of carbonyl (C=O) groups is 2. The smallest absolute Gasteiger partial charge is 0.331 e. The third kappa shape index (κ3) is 5.35. The second-order valence-corrected chi connectivity index (χ2v) is 4.21. The molecule has 4 N–H and O–H groups in total. The zero-order valence-corrected chi connectivity index (χ0v) is 10.5. The molecule has 0 aliphatic rings. The fourth-order valence-electron chi connectivity index (χ4n) is 1.64. The van der Waals surface area contributed by atoms with E-state index in [1.54, 1.807) is 0 Å². The Kier molecular flexibility index (Phi) is 5.75. The maximum atomic E-state index is 11.0. The van der Waals surface area contributed by atoms with Crippen molar-refractivity contribution in [3.8, 4) is 0 Å². The van der Waals surface area contributed by atoms with Gasteiger partial charge >= 0.3 is 11.9 Å². The molecule has 19 heavy (non-hydrogen) atoms. The van der Waals surface area contributed by atoms with Crippen molar-refractivity contribution < 1.29 is 19.8 Å². The highest BCUT2D eigenvalue weighted by Gasteiger charge is 2.17. The van der Waals surface area contributed by atoms with Gasteiger partial charge < -0.3 is 15.9 Å². The number of benzene rings is 1. The predicted molar refractivity (Wildman–Crippen MR) is 70.7 cm³/mol. The van der Waals surface area contributed by atoms with Gasteiger partial charge in [0, 0.05) is 12.0 Å². The number of nitrogens with two attached hydrogens (primary N) is 1. The molecule has 0 bridgehead atoms. The number of hydrogen-bond acceptors (Lipinski definition) is 3. The molecule has 0 unspecified atom stereocenters. The summed E-state index contributed by atoms with van der Waals surface area (Å²) < 4.78 is 0. The van der Waals surface area contributed by atoms with E-state index < -0.39 is 18.0 Å². The van der Waals surface area contributed by atoms with Crippen LogP contribution in [0.3, 0.4) is 0 Å². The van der Waals surface area contributed by atoms with Crippen LogP contribution >= 0.6 is 0 Å². The molecule has 1 atom stereocenters. The summed E-state index contributed by atoms with van der Waals surface area (Å²) in [6.45, 7) is 0. The van der Waals surface area contributed by atoms with Crippen molar-refractivity contribution in [3.05, 3.63) is 47.5 Å². The van der Waals surface area contributed by atoms with Crippen LogP contribution in [0.25, 0.3) is 0 Å². The summed E-state index contributed by atoms with van der Waals surface area (Å²) in [5.74, 6) is -2.32. The predicted octanol–water partition coefficient (Wildman–Crippen LogP) is 1.43. The van der Waals surface area contributed by atoms with Crippen LogP contribution < -0.4 is 5.73 Å². The lowest BCUT2D eigenvalue weighted by atomic mass is 10.0. The third-order valence-electron chi connectivity index (χ3n) is 2.70. The Labute approximate surface area is 111 Å². The number of hydrogen-bond donors (Lipinski definition) is 3. The maximum absolute atomic E-state index is 11.0. The van der Waals surface area contributed by atoms with Crippen molar-refractivity contribution in [1.29, 1.82) is 0 Å². The number of allylic oxidation sites excluding steroid dienone is 1. The van der Waals surface area contributed by atoms with E-state index in [2.05, 4.69) is 0 Å². The van der Waals surface area contributed by atoms with Crippen molar-refractivity contribution in [2.45, 2.75) is 25.3 Å². The van der Waals surface area contributed by atoms with Crippen molar-refractivity contribution in [1.82, 2.24) is 0 Å². The Bertz CT molecular complexity index is 468. The van der Waals surface area contributed by atoms with Crippen LogP contribution in [0.5, 0.6) is 0 Å². The number of carboxylic acids is 2. The molecule has 0 amide bonds. The van der Waals surface area contributed by atoms with Gasteiger partial charge in [0.15, 0.2) is 0 Å². The fourth-order valence-corrected chi connectivity index (χ4v) is 1.64. The number of rotatable bonds is 7. The standard InChI is InChI=1S/C14H17NO4/c15-12(14(18)19)9-11(13(16)17)8-4-7-10-5-2-1-3-6-10/h1-3,5-6,8,12H,4,7,9,15H2,(H,16,17)(H,18,19)/b11-8+/t12-/m0/s1. The summed E-state index contributed by atoms with van der Waals surface area (Å²) in [6, 6.07) is 8.47. The summed E-state index contributed by atoms with van der Waals surface area (Å²) in [7, 11) is 0. The maximum Gasteiger partial charge on any atom is 0.331 e. The van der Waals surface area contributed by atoms with Gasteiger partial charge in [-0.3, -0.25) is 4.79 Å². The van der Waals surface area contributed by atoms with Gasteiger partial charge in [0.2, 0.25) is 0 Å². The van der Waals surface area contributed by atoms with Gasteiger partial charge in [-0.05, 0) is 18.4 Å². The monoisotopic (exact) mass is 263 g/mol. The molecule has 0 fully saturated rings. The second kappa shape index (κ2) is 7.33. The molecule has 1 aromatic rings. The third-order valence-corrected chi connectivity index (χ3v) is 2.70. The molecule has 0 spiro atoms. The molecular formula is C14H17NO4. The molecule has 0 radical (unpaired) electrons. The Morgan fingerprint density at radius 1 is 1.21 bits per heavy atom. The normalized spacial score (nSPS) is 13.0. The summed E-state index contributed by atoms with van der Waals surface area (Å²) in [5.41, 5.74) is 6.48. The molecular weight excluding hydrogens is 246 g/mol. The SMILES string of the molecule is N[C@@H](C/C(=C\CCc1ccccc1)C(=O)O)C(=O)O. The van der Waals surface area contributed by atoms with Crippen molar-refractivity contribution in [2.24, 2.45) is 5.73 Å². The molecule has 0 saturated heterocycles. The Hall–Kier alpha value is -2.14. The Morgan fingerprint density at radius 2 is 1.84 bits per heavy atom. The lowest BCUT2D eigenvalue weighted by Gasteiger charge is -2.07. The Balaban J connectivity index is 2.59. The molecule has 5 heteroatoms. The topological polar surface area (TPSA) is 101 Å². The molecule has 102 valence electrons. The first-order valence-electron chi connectivity index (χ1n) is 5.95. The second-order valence-electron chi connectivity index (χ2n) is 4.21. The van der Waals surface area contributed by atoms with E-state index in [4.69, 9.17) is 15.9 Å². The molecule has 0 aromatic heterocycles. The number of carboxylic acid groups (broad SMARTS) is 2. The molecule has 5 nitrogen and oxygen atoms in total. The highest BCUT2D eigenvalue weighted by Crippen LogP contribution is 2.09. The number of aryl methyl sites for hydroxylation is 1. The van der Waals surface area contributed by atoms with Gasteiger partial charge in [0.25, 0.3) is 0 Å². The van der Waals surface area contributed by atoms with Gasteiger partial charge in [0.05, 0.1) is 0 Å². The van der Waals surface area contributed by atoms with Crippen LogP contribution in [-0.2, 0) is 16.0 Å². The van der Waals surface area contributed by atoms with Crippen molar-refractivity contribution in [2.75, 3.05) is 0 Å². The van der Waals surface area contributed by atoms with E-state index in [1.165, 1.54) is 6.08 Å². The van der Waals surface area contributed by atoms with Gasteiger partial charge in [-0.15, -0.1) is 0 Å². The van der Waals surface area contributed by atoms with E-state index in [-0.39, 0.29) is 12.0 Å². The average Bonchev–Trinajstić information content (AvgIpc) is 2.38. The first-order valence-corrected chi connectivity index (χ1v) is 5.95. The molecule has 1 aromatic carbocycles. The van der Waals surface area contributed by atoms with Gasteiger partial charge in [-0.2, -0.15) is 0 Å². The highest BCUT2D eigenvalue weighted by molar-refractivity contribution is 5.88. The molecule has 0 aliphatic heterocycles. The average molecular weight is 263 g/mol. The van der Waals surface area contributed by atoms with E-state index >= 15 is 0 Å². The van der Waals surface area contributed by atoms with Crippen LogP contribution in [0.1, 0.15) is 18.4 Å². The van der Waals surface area contributed by atoms with Crippen molar-refractivity contribution in [3.63, 3.8) is 0 Å². The van der Waals surface area contributed by atoms with Crippen LogP contribution in [0.2, 0.25) is 0 Å². The van der Waals surface area contributed by atoms with E-state index in [9.17, 15) is 9.59 Å². The fraction of sp³-hybridized carbons (Fsp3) is 0.286. The minimum absolute atomic E-state index is 0.0471. The first-order chi connectivity index (χ1) is 9.00. The van der Waals surface area contributed by atoms with Crippen molar-refractivity contribution >= 4 is 11.9 Å². The minimum atomic E-state index is -1.20. The largest absolute Gasteiger partial charge is 0.480 e. The van der Waals surface area contributed by atoms with Gasteiger partial charge in [0.1, 0.15) is 6.04 Å². The zero-order chi connectivity index (χ0) is 14.3. The quantitative estimate of drug-likeness (QED) is 0.646. The summed E-state index contributed by atoms with van der Waals surface area (Å²) in [5, 5.41) is 17.7. The Morgan fingerprint density at radius 3 is 2.37 bits per heavy atom. The molecule has 1 rings (SSSR count). The molecule has 0 heterocycles. The summed E-state index contributed by atoms with van der Waals surface area (Å²) in [4.78, 5) is 21.6. The lowest BCUT2D eigenvalue weighted by molar-refractivity contribution is -0.138. The van der Waals surface area contributed by atoms with Crippen LogP contribution in [0.4, 0.5) is 0 Å². The van der Waals surface area contributed by atoms with Crippen LogP contribution in [0, 0.1) is 0 Å². The molecule has 0 saturated carbocycles.